The lowest BCUT2D eigenvalue weighted by Crippen LogP contribution is -2.27. The highest BCUT2D eigenvalue weighted by molar-refractivity contribution is 5.27. The predicted molar refractivity (Wildman–Crippen MR) is 46.9 cm³/mol. The molecule has 1 aromatic rings. The van der Waals surface area contributed by atoms with Crippen LogP contribution in [0, 0.1) is 12.7 Å². The van der Waals surface area contributed by atoms with Crippen molar-refractivity contribution in [2.45, 2.75) is 31.8 Å². The molecule has 1 heterocycles. The standard InChI is InChI=1S/C10H12FNO/c1-6-10(7-4-8(13)5-7)9(11)2-3-12-6/h2-3,7-8,13H,4-5H2,1H3. The highest BCUT2D eigenvalue weighted by atomic mass is 19.1. The van der Waals surface area contributed by atoms with Gasteiger partial charge in [-0.3, -0.25) is 4.98 Å². The maximum Gasteiger partial charge on any atom is 0.130 e. The van der Waals surface area contributed by atoms with E-state index in [2.05, 4.69) is 4.98 Å². The average molecular weight is 181 g/mol. The first kappa shape index (κ1) is 8.63. The number of nitrogens with zero attached hydrogens (tertiary/aromatic N) is 1. The van der Waals surface area contributed by atoms with Crippen molar-refractivity contribution in [3.63, 3.8) is 0 Å². The molecule has 2 nitrogen and oxygen atoms in total. The maximum atomic E-state index is 13.3. The molecule has 13 heavy (non-hydrogen) atoms. The van der Waals surface area contributed by atoms with E-state index in [1.807, 2.05) is 6.92 Å². The molecule has 2 rings (SSSR count). The van der Waals surface area contributed by atoms with Crippen LogP contribution in [0.2, 0.25) is 0 Å². The molecule has 0 spiro atoms. The third kappa shape index (κ3) is 1.44. The van der Waals surface area contributed by atoms with Gasteiger partial charge < -0.3 is 5.11 Å². The molecule has 3 heteroatoms. The van der Waals surface area contributed by atoms with Gasteiger partial charge in [0.1, 0.15) is 5.82 Å². The van der Waals surface area contributed by atoms with Gasteiger partial charge >= 0.3 is 0 Å². The van der Waals surface area contributed by atoms with E-state index in [0.29, 0.717) is 18.4 Å². The van der Waals surface area contributed by atoms with E-state index in [9.17, 15) is 4.39 Å². The molecule has 0 bridgehead atoms. The molecule has 0 saturated heterocycles. The van der Waals surface area contributed by atoms with Gasteiger partial charge in [-0.25, -0.2) is 4.39 Å². The highest BCUT2D eigenvalue weighted by Crippen LogP contribution is 2.38. The van der Waals surface area contributed by atoms with E-state index in [0.717, 1.165) is 5.69 Å². The van der Waals surface area contributed by atoms with Crippen LogP contribution in [0.15, 0.2) is 12.3 Å². The maximum absolute atomic E-state index is 13.3. The van der Waals surface area contributed by atoms with Crippen molar-refractivity contribution in [2.24, 2.45) is 0 Å². The van der Waals surface area contributed by atoms with Gasteiger partial charge in [0, 0.05) is 17.5 Å². The quantitative estimate of drug-likeness (QED) is 0.716. The average Bonchev–Trinajstić information content (AvgIpc) is 2.00. The Labute approximate surface area is 76.4 Å². The molecule has 0 radical (unpaired) electrons. The second-order valence-corrected chi connectivity index (χ2v) is 3.61. The lowest BCUT2D eigenvalue weighted by Gasteiger charge is -2.32. The summed E-state index contributed by atoms with van der Waals surface area (Å²) in [6.07, 6.45) is 2.57. The molecule has 0 aromatic carbocycles. The number of aromatic nitrogens is 1. The zero-order valence-corrected chi connectivity index (χ0v) is 7.50. The van der Waals surface area contributed by atoms with Crippen molar-refractivity contribution < 1.29 is 9.50 Å². The summed E-state index contributed by atoms with van der Waals surface area (Å²) in [6.45, 7) is 1.81. The first-order valence-electron chi connectivity index (χ1n) is 4.47. The molecule has 1 fully saturated rings. The number of aliphatic hydroxyl groups is 1. The summed E-state index contributed by atoms with van der Waals surface area (Å²) < 4.78 is 13.3. The van der Waals surface area contributed by atoms with Crippen LogP contribution in [-0.4, -0.2) is 16.2 Å². The Kier molecular flexibility index (Phi) is 2.04. The first-order chi connectivity index (χ1) is 6.18. The van der Waals surface area contributed by atoms with Crippen molar-refractivity contribution >= 4 is 0 Å². The van der Waals surface area contributed by atoms with Crippen molar-refractivity contribution in [3.05, 3.63) is 29.3 Å². The number of hydrogen-bond donors (Lipinski definition) is 1. The van der Waals surface area contributed by atoms with Crippen LogP contribution in [0.1, 0.15) is 30.0 Å². The van der Waals surface area contributed by atoms with Crippen LogP contribution in [0.5, 0.6) is 0 Å². The van der Waals surface area contributed by atoms with Gasteiger partial charge in [-0.15, -0.1) is 0 Å². The summed E-state index contributed by atoms with van der Waals surface area (Å²) >= 11 is 0. The van der Waals surface area contributed by atoms with E-state index >= 15 is 0 Å². The van der Waals surface area contributed by atoms with E-state index < -0.39 is 0 Å². The van der Waals surface area contributed by atoms with Crippen molar-refractivity contribution in [1.82, 2.24) is 4.98 Å². The second-order valence-electron chi connectivity index (χ2n) is 3.61. The molecular formula is C10H12FNO. The number of hydrogen-bond acceptors (Lipinski definition) is 2. The Morgan fingerprint density at radius 1 is 1.54 bits per heavy atom. The molecule has 1 N–H and O–H groups in total. The zero-order chi connectivity index (χ0) is 9.42. The van der Waals surface area contributed by atoms with E-state index in [-0.39, 0.29) is 17.8 Å². The van der Waals surface area contributed by atoms with Gasteiger partial charge in [-0.05, 0) is 31.7 Å². The Balaban J connectivity index is 2.29. The summed E-state index contributed by atoms with van der Waals surface area (Å²) in [5.74, 6) is -0.0203. The van der Waals surface area contributed by atoms with Gasteiger partial charge in [0.15, 0.2) is 0 Å². The fourth-order valence-electron chi connectivity index (χ4n) is 1.86. The lowest BCUT2D eigenvalue weighted by molar-refractivity contribution is 0.0731. The van der Waals surface area contributed by atoms with Crippen molar-refractivity contribution in [3.8, 4) is 0 Å². The number of pyridine rings is 1. The number of rotatable bonds is 1. The van der Waals surface area contributed by atoms with Gasteiger partial charge in [0.25, 0.3) is 0 Å². The smallest absolute Gasteiger partial charge is 0.130 e. The largest absolute Gasteiger partial charge is 0.393 e. The van der Waals surface area contributed by atoms with E-state index in [1.54, 1.807) is 0 Å². The summed E-state index contributed by atoms with van der Waals surface area (Å²) in [6, 6.07) is 1.38. The molecule has 1 aliphatic rings. The fourth-order valence-corrected chi connectivity index (χ4v) is 1.86. The molecule has 0 unspecified atom stereocenters. The van der Waals surface area contributed by atoms with Crippen LogP contribution in [-0.2, 0) is 0 Å². The monoisotopic (exact) mass is 181 g/mol. The molecule has 0 amide bonds. The molecule has 1 aliphatic carbocycles. The van der Waals surface area contributed by atoms with Crippen molar-refractivity contribution in [2.75, 3.05) is 0 Å². The molecule has 1 aromatic heterocycles. The Hall–Kier alpha value is -0.960. The van der Waals surface area contributed by atoms with Gasteiger partial charge in [-0.1, -0.05) is 0 Å². The Bertz CT molecular complexity index is 300. The van der Waals surface area contributed by atoms with Gasteiger partial charge in [0.05, 0.1) is 6.10 Å². The summed E-state index contributed by atoms with van der Waals surface area (Å²) in [7, 11) is 0. The SMILES string of the molecule is Cc1nccc(F)c1C1CC(O)C1. The molecular weight excluding hydrogens is 169 g/mol. The minimum atomic E-state index is -0.246. The molecule has 0 aliphatic heterocycles. The van der Waals surface area contributed by atoms with E-state index in [4.69, 9.17) is 5.11 Å². The van der Waals surface area contributed by atoms with Crippen molar-refractivity contribution in [1.29, 1.82) is 0 Å². The van der Waals surface area contributed by atoms with Crippen LogP contribution in [0.4, 0.5) is 4.39 Å². The van der Waals surface area contributed by atoms with Crippen LogP contribution in [0.3, 0.4) is 0 Å². The number of halogens is 1. The van der Waals surface area contributed by atoms with Crippen LogP contribution in [0.25, 0.3) is 0 Å². The zero-order valence-electron chi connectivity index (χ0n) is 7.50. The fraction of sp³-hybridized carbons (Fsp3) is 0.500. The lowest BCUT2D eigenvalue weighted by atomic mass is 9.77. The van der Waals surface area contributed by atoms with Crippen LogP contribution >= 0.6 is 0 Å². The second kappa shape index (κ2) is 3.07. The molecule has 1 saturated carbocycles. The summed E-state index contributed by atoms with van der Waals surface area (Å²) in [4.78, 5) is 4.05. The van der Waals surface area contributed by atoms with Gasteiger partial charge in [-0.2, -0.15) is 0 Å². The summed E-state index contributed by atoms with van der Waals surface area (Å²) in [5.41, 5.74) is 1.43. The molecule has 0 atom stereocenters. The highest BCUT2D eigenvalue weighted by Gasteiger charge is 2.31. The third-order valence-electron chi connectivity index (χ3n) is 2.66. The minimum Gasteiger partial charge on any atom is -0.393 e. The minimum absolute atomic E-state index is 0.170. The number of aryl methyl sites for hydroxylation is 1. The summed E-state index contributed by atoms with van der Waals surface area (Å²) in [5, 5.41) is 9.12. The molecule has 70 valence electrons. The Morgan fingerprint density at radius 2 is 2.23 bits per heavy atom. The Morgan fingerprint density at radius 3 is 2.77 bits per heavy atom. The van der Waals surface area contributed by atoms with Gasteiger partial charge in [0.2, 0.25) is 0 Å². The third-order valence-corrected chi connectivity index (χ3v) is 2.66. The predicted octanol–water partition coefficient (Wildman–Crippen LogP) is 1.77. The van der Waals surface area contributed by atoms with E-state index in [1.165, 1.54) is 12.3 Å². The normalized spacial score (nSPS) is 27.0. The van der Waals surface area contributed by atoms with Crippen LogP contribution < -0.4 is 0 Å². The first-order valence-corrected chi connectivity index (χ1v) is 4.47. The topological polar surface area (TPSA) is 33.1 Å². The number of aliphatic hydroxyl groups excluding tert-OH is 1.